The number of benzene rings is 1. The molecule has 170 valence electrons. The Hall–Kier alpha value is -1.96. The SMILES string of the molecule is COCCN[C@H]1CCCC[C@@H]1Cc1ccc2c(c1)CN(C1CCC(=O)NCOC1)C2=O. The monoisotopic (exact) mass is 429 g/mol. The van der Waals surface area contributed by atoms with E-state index in [0.29, 0.717) is 38.0 Å². The molecule has 0 aromatic heterocycles. The third kappa shape index (κ3) is 5.45. The molecule has 3 atom stereocenters. The maximum absolute atomic E-state index is 13.0. The Morgan fingerprint density at radius 1 is 1.23 bits per heavy atom. The Bertz CT molecular complexity index is 784. The second-order valence-corrected chi connectivity index (χ2v) is 9.03. The van der Waals surface area contributed by atoms with Gasteiger partial charge in [-0.1, -0.05) is 25.0 Å². The summed E-state index contributed by atoms with van der Waals surface area (Å²) in [4.78, 5) is 26.6. The van der Waals surface area contributed by atoms with Gasteiger partial charge in [0.2, 0.25) is 5.91 Å². The summed E-state index contributed by atoms with van der Waals surface area (Å²) < 4.78 is 10.7. The summed E-state index contributed by atoms with van der Waals surface area (Å²) in [7, 11) is 1.74. The summed E-state index contributed by atoms with van der Waals surface area (Å²) >= 11 is 0. The van der Waals surface area contributed by atoms with Crippen LogP contribution in [0.15, 0.2) is 18.2 Å². The fourth-order valence-corrected chi connectivity index (χ4v) is 5.23. The van der Waals surface area contributed by atoms with Gasteiger partial charge in [-0.05, 0) is 48.8 Å². The van der Waals surface area contributed by atoms with E-state index in [1.165, 1.54) is 31.2 Å². The van der Waals surface area contributed by atoms with Gasteiger partial charge in [-0.25, -0.2) is 0 Å². The first-order valence-electron chi connectivity index (χ1n) is 11.6. The Morgan fingerprint density at radius 2 is 2.10 bits per heavy atom. The standard InChI is InChI=1S/C24H35N3O4/c1-30-11-10-25-22-5-3-2-4-18(22)12-17-6-8-21-19(13-17)14-27(24(21)29)20-7-9-23(28)26-16-31-15-20/h6,8,13,18,20,22,25H,2-5,7,9-12,14-16H2,1H3,(H,26,28)/t18-,20?,22+/m1/s1. The second-order valence-electron chi connectivity index (χ2n) is 9.03. The van der Waals surface area contributed by atoms with Crippen molar-refractivity contribution in [1.82, 2.24) is 15.5 Å². The molecule has 1 saturated heterocycles. The van der Waals surface area contributed by atoms with Crippen molar-refractivity contribution in [1.29, 1.82) is 0 Å². The lowest BCUT2D eigenvalue weighted by atomic mass is 9.80. The highest BCUT2D eigenvalue weighted by molar-refractivity contribution is 5.98. The third-order valence-corrected chi connectivity index (χ3v) is 6.95. The molecule has 2 fully saturated rings. The molecule has 3 aliphatic rings. The number of hydrogen-bond acceptors (Lipinski definition) is 5. The number of nitrogens with zero attached hydrogens (tertiary/aromatic N) is 1. The van der Waals surface area contributed by atoms with Crippen LogP contribution < -0.4 is 10.6 Å². The number of carbonyl (C=O) groups excluding carboxylic acids is 2. The Kier molecular flexibility index (Phi) is 7.58. The van der Waals surface area contributed by atoms with Crippen LogP contribution in [-0.4, -0.2) is 62.4 Å². The zero-order valence-corrected chi connectivity index (χ0v) is 18.5. The van der Waals surface area contributed by atoms with Gasteiger partial charge >= 0.3 is 0 Å². The van der Waals surface area contributed by atoms with E-state index in [1.54, 1.807) is 7.11 Å². The van der Waals surface area contributed by atoms with Gasteiger partial charge in [0.15, 0.2) is 0 Å². The van der Waals surface area contributed by atoms with Crippen LogP contribution in [0.4, 0.5) is 0 Å². The number of amides is 2. The van der Waals surface area contributed by atoms with Crippen molar-refractivity contribution in [3.8, 4) is 0 Å². The zero-order valence-electron chi connectivity index (χ0n) is 18.5. The van der Waals surface area contributed by atoms with Crippen LogP contribution in [0.25, 0.3) is 0 Å². The van der Waals surface area contributed by atoms with E-state index >= 15 is 0 Å². The highest BCUT2D eigenvalue weighted by Gasteiger charge is 2.34. The number of carbonyl (C=O) groups is 2. The van der Waals surface area contributed by atoms with Crippen molar-refractivity contribution in [3.05, 3.63) is 34.9 Å². The minimum Gasteiger partial charge on any atom is -0.383 e. The fraction of sp³-hybridized carbons (Fsp3) is 0.667. The van der Waals surface area contributed by atoms with Gasteiger partial charge in [0, 0.05) is 38.2 Å². The molecule has 2 aliphatic heterocycles. The van der Waals surface area contributed by atoms with Crippen molar-refractivity contribution in [2.75, 3.05) is 33.6 Å². The number of ether oxygens (including phenoxy) is 2. The van der Waals surface area contributed by atoms with Gasteiger partial charge in [-0.3, -0.25) is 9.59 Å². The van der Waals surface area contributed by atoms with Crippen LogP contribution in [0.3, 0.4) is 0 Å². The molecule has 31 heavy (non-hydrogen) atoms. The molecule has 7 nitrogen and oxygen atoms in total. The molecule has 0 spiro atoms. The third-order valence-electron chi connectivity index (χ3n) is 6.95. The van der Waals surface area contributed by atoms with E-state index in [-0.39, 0.29) is 24.6 Å². The van der Waals surface area contributed by atoms with Gasteiger partial charge in [0.25, 0.3) is 5.91 Å². The summed E-state index contributed by atoms with van der Waals surface area (Å²) in [6, 6.07) is 6.84. The van der Waals surface area contributed by atoms with Crippen molar-refractivity contribution >= 4 is 11.8 Å². The van der Waals surface area contributed by atoms with Gasteiger partial charge in [-0.2, -0.15) is 0 Å². The molecule has 1 aliphatic carbocycles. The first-order valence-corrected chi connectivity index (χ1v) is 11.6. The number of nitrogens with one attached hydrogen (secondary N) is 2. The van der Waals surface area contributed by atoms with Gasteiger partial charge < -0.3 is 25.0 Å². The number of methoxy groups -OCH3 is 1. The first kappa shape index (κ1) is 22.2. The highest BCUT2D eigenvalue weighted by Crippen LogP contribution is 2.31. The molecule has 2 heterocycles. The maximum atomic E-state index is 13.0. The average Bonchev–Trinajstić information content (AvgIpc) is 3.08. The van der Waals surface area contributed by atoms with E-state index in [4.69, 9.17) is 9.47 Å². The van der Waals surface area contributed by atoms with E-state index in [9.17, 15) is 9.59 Å². The Morgan fingerprint density at radius 3 is 2.97 bits per heavy atom. The number of rotatable bonds is 7. The molecule has 1 unspecified atom stereocenters. The van der Waals surface area contributed by atoms with Crippen molar-refractivity contribution in [2.24, 2.45) is 5.92 Å². The van der Waals surface area contributed by atoms with Crippen LogP contribution in [-0.2, 0) is 27.2 Å². The summed E-state index contributed by atoms with van der Waals surface area (Å²) in [5.41, 5.74) is 3.22. The van der Waals surface area contributed by atoms with Crippen molar-refractivity contribution in [2.45, 2.75) is 63.6 Å². The Balaban J connectivity index is 1.41. The van der Waals surface area contributed by atoms with Crippen molar-refractivity contribution in [3.63, 3.8) is 0 Å². The minimum atomic E-state index is -0.0536. The zero-order chi connectivity index (χ0) is 21.6. The molecular formula is C24H35N3O4. The average molecular weight is 430 g/mol. The highest BCUT2D eigenvalue weighted by atomic mass is 16.5. The summed E-state index contributed by atoms with van der Waals surface area (Å²) in [5, 5.41) is 6.40. The van der Waals surface area contributed by atoms with Crippen LogP contribution in [0.2, 0.25) is 0 Å². The van der Waals surface area contributed by atoms with Crippen LogP contribution in [0.5, 0.6) is 0 Å². The predicted octanol–water partition coefficient (Wildman–Crippen LogP) is 2.23. The fourth-order valence-electron chi connectivity index (χ4n) is 5.23. The number of fused-ring (bicyclic) bond motifs is 1. The van der Waals surface area contributed by atoms with Gasteiger partial charge in [-0.15, -0.1) is 0 Å². The quantitative estimate of drug-likeness (QED) is 0.650. The van der Waals surface area contributed by atoms with Gasteiger partial charge in [0.05, 0.1) is 19.3 Å². The molecule has 0 bridgehead atoms. The van der Waals surface area contributed by atoms with Gasteiger partial charge in [0.1, 0.15) is 6.73 Å². The molecular weight excluding hydrogens is 394 g/mol. The van der Waals surface area contributed by atoms with Crippen molar-refractivity contribution < 1.29 is 19.1 Å². The Labute approximate surface area is 184 Å². The topological polar surface area (TPSA) is 79.9 Å². The van der Waals surface area contributed by atoms with Crippen LogP contribution >= 0.6 is 0 Å². The lowest BCUT2D eigenvalue weighted by Crippen LogP contribution is -2.42. The molecule has 1 aromatic carbocycles. The lowest BCUT2D eigenvalue weighted by molar-refractivity contribution is -0.124. The van der Waals surface area contributed by atoms with E-state index in [2.05, 4.69) is 22.8 Å². The summed E-state index contributed by atoms with van der Waals surface area (Å²) in [6.45, 7) is 2.93. The molecule has 1 saturated carbocycles. The predicted molar refractivity (Wildman–Crippen MR) is 118 cm³/mol. The largest absolute Gasteiger partial charge is 0.383 e. The number of hydrogen-bond donors (Lipinski definition) is 2. The lowest BCUT2D eigenvalue weighted by Gasteiger charge is -2.32. The van der Waals surface area contributed by atoms with Crippen LogP contribution in [0, 0.1) is 5.92 Å². The summed E-state index contributed by atoms with van der Waals surface area (Å²) in [6.07, 6.45) is 7.15. The molecule has 7 heteroatoms. The second kappa shape index (κ2) is 10.6. The normalized spacial score (nSPS) is 26.9. The molecule has 2 N–H and O–H groups in total. The smallest absolute Gasteiger partial charge is 0.254 e. The molecule has 2 amide bonds. The maximum Gasteiger partial charge on any atom is 0.254 e. The van der Waals surface area contributed by atoms with Crippen LogP contribution in [0.1, 0.15) is 60.0 Å². The van der Waals surface area contributed by atoms with E-state index < -0.39 is 0 Å². The van der Waals surface area contributed by atoms with E-state index in [1.807, 2.05) is 11.0 Å². The minimum absolute atomic E-state index is 0.0164. The molecule has 4 rings (SSSR count). The summed E-state index contributed by atoms with van der Waals surface area (Å²) in [5.74, 6) is 0.666. The molecule has 1 aromatic rings. The first-order chi connectivity index (χ1) is 15.2. The molecule has 0 radical (unpaired) electrons. The van der Waals surface area contributed by atoms with E-state index in [0.717, 1.165) is 30.7 Å².